The first-order valence-corrected chi connectivity index (χ1v) is 24.1. The quantitative estimate of drug-likeness (QED) is 0.195. The molecule has 0 saturated heterocycles. The molecule has 0 unspecified atom stereocenters. The van der Waals surface area contributed by atoms with Gasteiger partial charge in [-0.2, -0.15) is 12.1 Å². The van der Waals surface area contributed by atoms with Crippen LogP contribution < -0.4 is 24.8 Å². The molecule has 5 heteroatoms. The molecule has 204 valence electrons. The van der Waals surface area contributed by atoms with Crippen LogP contribution in [0.2, 0.25) is 0 Å². The zero-order chi connectivity index (χ0) is 26.6. The Kier molecular flexibility index (Phi) is 11.2. The van der Waals surface area contributed by atoms with Gasteiger partial charge in [-0.1, -0.05) is 97.8 Å². The van der Waals surface area contributed by atoms with Crippen molar-refractivity contribution in [3.05, 3.63) is 155 Å². The van der Waals surface area contributed by atoms with Crippen LogP contribution in [0.15, 0.2) is 144 Å². The van der Waals surface area contributed by atoms with E-state index in [-0.39, 0.29) is 56.1 Å². The summed E-state index contributed by atoms with van der Waals surface area (Å²) in [5.41, 5.74) is 18.3. The molecule has 2 aliphatic rings. The van der Waals surface area contributed by atoms with E-state index in [0.29, 0.717) is 0 Å². The summed E-state index contributed by atoms with van der Waals surface area (Å²) in [4.78, 5) is 0. The van der Waals surface area contributed by atoms with Crippen molar-refractivity contribution in [2.24, 2.45) is 0 Å². The van der Waals surface area contributed by atoms with Gasteiger partial charge in [0.15, 0.2) is 0 Å². The van der Waals surface area contributed by atoms with Crippen LogP contribution in [-0.2, 0) is 20.5 Å². The van der Waals surface area contributed by atoms with Crippen LogP contribution in [-0.4, -0.2) is 10.9 Å². The molecule has 0 amide bonds. The largest absolute Gasteiger partial charge is 1.00 e. The Morgan fingerprint density at radius 3 is 1.22 bits per heavy atom. The molecule has 2 bridgehead atoms. The van der Waals surface area contributed by atoms with E-state index in [1.165, 1.54) is 54.9 Å². The predicted molar refractivity (Wildman–Crippen MR) is 169 cm³/mol. The second kappa shape index (κ2) is 14.6. The van der Waals surface area contributed by atoms with Gasteiger partial charge in [0.25, 0.3) is 0 Å². The van der Waals surface area contributed by atoms with Gasteiger partial charge in [-0.3, -0.25) is 0 Å². The topological polar surface area (TPSA) is 0 Å². The van der Waals surface area contributed by atoms with E-state index in [1.54, 1.807) is 0 Å². The molecular formula is C36H30Cl2Si2Zr-4. The van der Waals surface area contributed by atoms with Crippen LogP contribution in [0.5, 0.6) is 0 Å². The first-order valence-electron chi connectivity index (χ1n) is 13.4. The number of rotatable bonds is 2. The number of halogens is 2. The molecule has 0 saturated carbocycles. The second-order valence-corrected chi connectivity index (χ2v) is 28.3. The van der Waals surface area contributed by atoms with E-state index in [9.17, 15) is 0 Å². The molecular weight excluding hydrogens is 651 g/mol. The van der Waals surface area contributed by atoms with Crippen molar-refractivity contribution in [1.82, 2.24) is 0 Å². The van der Waals surface area contributed by atoms with Gasteiger partial charge in [-0.25, -0.2) is 0 Å². The van der Waals surface area contributed by atoms with E-state index in [4.69, 9.17) is 0 Å². The maximum Gasteiger partial charge on any atom is -0.0279 e. The Morgan fingerprint density at radius 1 is 0.488 bits per heavy atom. The summed E-state index contributed by atoms with van der Waals surface area (Å²) < 4.78 is 0. The molecule has 6 aromatic rings. The molecule has 2 aliphatic heterocycles. The molecule has 6 aromatic carbocycles. The Balaban J connectivity index is 0.000000147. The smallest absolute Gasteiger partial charge is 0.0279 e. The average molecular weight is 681 g/mol. The third kappa shape index (κ3) is 7.47. The molecule has 41 heavy (non-hydrogen) atoms. The minimum Gasteiger partial charge on any atom is -1.00 e. The van der Waals surface area contributed by atoms with Crippen LogP contribution in [0, 0.1) is 13.8 Å². The minimum absolute atomic E-state index is 0. The minimum atomic E-state index is 0. The molecule has 0 fully saturated rings. The number of benzene rings is 4. The molecule has 0 spiro atoms. The van der Waals surface area contributed by atoms with E-state index >= 15 is 0 Å². The Morgan fingerprint density at radius 2 is 0.878 bits per heavy atom. The Hall–Kier alpha value is -2.52. The van der Waals surface area contributed by atoms with Gasteiger partial charge in [0.2, 0.25) is 0 Å². The van der Waals surface area contributed by atoms with Gasteiger partial charge >= 0.3 is 54.1 Å². The van der Waals surface area contributed by atoms with E-state index in [0.717, 1.165) is 0 Å². The van der Waals surface area contributed by atoms with Crippen LogP contribution in [0.4, 0.5) is 0 Å². The first kappa shape index (κ1) is 31.4. The normalized spacial score (nSPS) is 12.0. The molecule has 2 heterocycles. The monoisotopic (exact) mass is 678 g/mol. The van der Waals surface area contributed by atoms with Gasteiger partial charge < -0.3 is 24.8 Å². The van der Waals surface area contributed by atoms with E-state index in [1.807, 2.05) is 0 Å². The van der Waals surface area contributed by atoms with Crippen molar-refractivity contribution in [2.45, 2.75) is 13.8 Å². The maximum atomic E-state index is 2.52. The maximum absolute atomic E-state index is 2.52. The van der Waals surface area contributed by atoms with Crippen LogP contribution in [0.1, 0.15) is 11.1 Å². The molecule has 8 rings (SSSR count). The molecule has 0 N–H and O–H groups in total. The number of aryl methyl sites for hydroxylation is 2. The van der Waals surface area contributed by atoms with Gasteiger partial charge in [-0.05, 0) is 11.1 Å². The van der Waals surface area contributed by atoms with Crippen LogP contribution in [0.25, 0.3) is 43.8 Å². The van der Waals surface area contributed by atoms with Crippen LogP contribution in [0.3, 0.4) is 0 Å². The van der Waals surface area contributed by atoms with Gasteiger partial charge in [0.05, 0.1) is 0 Å². The van der Waals surface area contributed by atoms with Crippen molar-refractivity contribution in [2.75, 3.05) is 0 Å². The third-order valence-corrected chi connectivity index (χ3v) is 29.9. The predicted octanol–water partition coefficient (Wildman–Crippen LogP) is 3.42. The summed E-state index contributed by atoms with van der Waals surface area (Å²) >= 11 is 0.243. The fourth-order valence-electron chi connectivity index (χ4n) is 5.31. The van der Waals surface area contributed by atoms with Gasteiger partial charge in [0.1, 0.15) is 0 Å². The molecule has 0 nitrogen and oxygen atoms in total. The molecule has 0 radical (unpaired) electrons. The summed E-state index contributed by atoms with van der Waals surface area (Å²) in [6.07, 6.45) is 0. The Labute approximate surface area is 267 Å². The van der Waals surface area contributed by atoms with Crippen LogP contribution >= 0.6 is 0 Å². The zero-order valence-electron chi connectivity index (χ0n) is 23.1. The fourth-order valence-corrected chi connectivity index (χ4v) is 33.2. The number of hydrogen-bond acceptors (Lipinski definition) is 0. The van der Waals surface area contributed by atoms with E-state index < -0.39 is 0 Å². The van der Waals surface area contributed by atoms with Crippen molar-refractivity contribution in [3.63, 3.8) is 0 Å². The summed E-state index contributed by atoms with van der Waals surface area (Å²) in [7, 11) is 0. The average Bonchev–Trinajstić information content (AvgIpc) is 3.78. The van der Waals surface area contributed by atoms with Crippen molar-refractivity contribution in [1.29, 1.82) is 0 Å². The Bertz CT molecular complexity index is 1750. The molecule has 0 aliphatic carbocycles. The molecule has 0 aromatic heterocycles. The number of fused-ring (bicyclic) bond motifs is 2. The van der Waals surface area contributed by atoms with Gasteiger partial charge in [-0.15, -0.1) is 69.1 Å². The summed E-state index contributed by atoms with van der Waals surface area (Å²) in [5, 5.41) is 5.37. The number of hydrogen-bond donors (Lipinski definition) is 0. The standard InChI is InChI=1S/2C16H13.C4H4Si2.2ClH.Zr/c2*1-12-10-14-8-5-9-15(16(14)11-12)13-6-3-2-4-7-13;1-2-6-4-3-5-1;;;/h2*2-11H,1H3;1-4H;2*1H;/q2*-1;;;;/p-2. The summed E-state index contributed by atoms with van der Waals surface area (Å²) in [6, 6.07) is 43.1. The third-order valence-electron chi connectivity index (χ3n) is 7.13. The van der Waals surface area contributed by atoms with Crippen molar-refractivity contribution in [3.8, 4) is 22.3 Å². The van der Waals surface area contributed by atoms with Gasteiger partial charge in [0, 0.05) is 0 Å². The zero-order valence-corrected chi connectivity index (χ0v) is 29.1. The summed E-state index contributed by atoms with van der Waals surface area (Å²) in [5.74, 6) is 0. The van der Waals surface area contributed by atoms with Crippen molar-refractivity contribution < 1.29 is 45.3 Å². The first-order chi connectivity index (χ1) is 19.1. The second-order valence-electron chi connectivity index (χ2n) is 10.1. The fraction of sp³-hybridized carbons (Fsp3) is 0.0556. The molecule has 0 atom stereocenters. The SMILES string of the molecule is C1=C[Si]2=[Zr]=[Si]1C=C2.Cc1cc2c(-c3ccccc3)cccc2[cH-]1.Cc1cc2c(-c3ccccc3)cccc2[cH-]1.[Cl-].[Cl-]. The van der Waals surface area contributed by atoms with Crippen molar-refractivity contribution >= 4 is 32.4 Å². The van der Waals surface area contributed by atoms with E-state index in [2.05, 4.69) is 158 Å². The summed E-state index contributed by atoms with van der Waals surface area (Å²) in [6.45, 7) is 4.30.